The first kappa shape index (κ1) is 67.1. The van der Waals surface area contributed by atoms with Crippen LogP contribution in [0.4, 0.5) is 34.1 Å². The second kappa shape index (κ2) is 26.0. The van der Waals surface area contributed by atoms with Crippen molar-refractivity contribution in [3.8, 4) is 89.0 Å². The van der Waals surface area contributed by atoms with Gasteiger partial charge in [-0.05, 0) is 218 Å². The smallest absolute Gasteiger partial charge is 0.143 e. The summed E-state index contributed by atoms with van der Waals surface area (Å²) in [5.41, 5.74) is 34.1. The summed E-state index contributed by atoms with van der Waals surface area (Å²) in [6.07, 6.45) is 0. The number of para-hydroxylation sites is 2. The minimum atomic E-state index is -0.156. The molecule has 0 radical (unpaired) electrons. The number of rotatable bonds is 12. The maximum atomic E-state index is 7.15. The molecule has 2 aromatic heterocycles. The number of benzene rings is 19. The second-order valence-corrected chi connectivity index (χ2v) is 32.5. The van der Waals surface area contributed by atoms with Crippen LogP contribution in [0.25, 0.3) is 176 Å². The molecular weight excluding hydrogens is 1410 g/mol. The molecule has 546 valence electrons. The molecule has 23 rings (SSSR count). The van der Waals surface area contributed by atoms with Gasteiger partial charge in [-0.2, -0.15) is 0 Å². The highest BCUT2D eigenvalue weighted by Crippen LogP contribution is 2.57. The lowest BCUT2D eigenvalue weighted by atomic mass is 9.82. The molecule has 0 aliphatic heterocycles. The SMILES string of the molecule is CC1(C)c2ccccc2-c2c(-c3ccccc3N(c3ccc(-c4ccc5c(-c6ccc7ccc8c(oc9cccc(-c%10cccc(N(c%11ccccc%11-c%11cccc%12c%11-c%11ccccc%11C%12(C)C)c%11cccc%12ccccc%11%12)c%10)c98)c7c6)cccc5c4)cc3)c3cccc(-c4cccc5oc6c7ccccc7ccc6c45)c3)cccc21. The van der Waals surface area contributed by atoms with Crippen molar-refractivity contribution in [3.05, 3.63) is 411 Å². The van der Waals surface area contributed by atoms with Gasteiger partial charge >= 0.3 is 0 Å². The summed E-state index contributed by atoms with van der Waals surface area (Å²) < 4.78 is 13.9. The predicted molar refractivity (Wildman–Crippen MR) is 488 cm³/mol. The fourth-order valence-electron chi connectivity index (χ4n) is 19.9. The first-order valence-electron chi connectivity index (χ1n) is 40.3. The van der Waals surface area contributed by atoms with Crippen LogP contribution < -0.4 is 9.80 Å². The van der Waals surface area contributed by atoms with Crippen LogP contribution in [-0.4, -0.2) is 0 Å². The van der Waals surface area contributed by atoms with Crippen molar-refractivity contribution >= 4 is 121 Å². The molecule has 0 N–H and O–H groups in total. The Morgan fingerprint density at radius 1 is 0.207 bits per heavy atom. The van der Waals surface area contributed by atoms with Crippen molar-refractivity contribution in [2.75, 3.05) is 9.80 Å². The van der Waals surface area contributed by atoms with Crippen molar-refractivity contribution in [3.63, 3.8) is 0 Å². The number of hydrogen-bond donors (Lipinski definition) is 0. The number of furan rings is 2. The lowest BCUT2D eigenvalue weighted by molar-refractivity contribution is 0.660. The molecule has 21 aromatic rings. The van der Waals surface area contributed by atoms with Crippen LogP contribution in [0.1, 0.15) is 49.9 Å². The van der Waals surface area contributed by atoms with E-state index in [1.807, 2.05) is 0 Å². The maximum Gasteiger partial charge on any atom is 0.143 e. The molecule has 0 unspecified atom stereocenters. The molecular formula is C112H76N2O2. The molecule has 4 heteroatoms. The monoisotopic (exact) mass is 1480 g/mol. The molecule has 19 aromatic carbocycles. The Hall–Kier alpha value is -14.6. The van der Waals surface area contributed by atoms with Gasteiger partial charge in [0.15, 0.2) is 0 Å². The summed E-state index contributed by atoms with van der Waals surface area (Å²) >= 11 is 0. The van der Waals surface area contributed by atoms with Crippen LogP contribution in [0.2, 0.25) is 0 Å². The molecule has 2 heterocycles. The third-order valence-corrected chi connectivity index (χ3v) is 25.4. The third kappa shape index (κ3) is 10.3. The molecule has 2 aliphatic carbocycles. The van der Waals surface area contributed by atoms with Gasteiger partial charge in [-0.25, -0.2) is 0 Å². The first-order chi connectivity index (χ1) is 57.1. The molecule has 0 atom stereocenters. The molecule has 0 saturated carbocycles. The molecule has 2 aliphatic rings. The lowest BCUT2D eigenvalue weighted by Gasteiger charge is -2.30. The van der Waals surface area contributed by atoms with Crippen LogP contribution in [-0.2, 0) is 10.8 Å². The van der Waals surface area contributed by atoms with E-state index in [2.05, 4.69) is 426 Å². The Balaban J connectivity index is 0.606. The van der Waals surface area contributed by atoms with Crippen LogP contribution in [0.3, 0.4) is 0 Å². The summed E-state index contributed by atoms with van der Waals surface area (Å²) in [7, 11) is 0. The summed E-state index contributed by atoms with van der Waals surface area (Å²) in [5.74, 6) is 0. The molecule has 0 fully saturated rings. The Bertz CT molecular complexity index is 7670. The standard InChI is InChI=1S/C112H76N2O2/c1-111(2)96-44-13-9-37-91(96)105-89(42-21-46-98(105)111)87-35-11-15-48-101(87)113(79-31-17-28-75(66-79)84-40-23-51-103-107(84)93-63-57-71-26-6-8-34-86(71)109(93)115-103)78-60-55-69(56-61-78)73-59-62-82-74(65-73)30-19-39-81(82)77-54-53-72-58-64-94-108-85(41-24-52-104(108)116-110(94)95(72)68-77)76-29-18-32-80(67-76)114(100-50-20-27-70-25-5-7-33-83(70)100)102-49-16-12-36-88(102)90-43-22-47-99-106(90)92-38-10-14-45-97(92)112(99,3)4/h5-68H,1-4H3. The minimum Gasteiger partial charge on any atom is -0.455 e. The van der Waals surface area contributed by atoms with Gasteiger partial charge in [0, 0.05) is 76.7 Å². The van der Waals surface area contributed by atoms with Gasteiger partial charge in [-0.3, -0.25) is 0 Å². The van der Waals surface area contributed by atoms with Gasteiger partial charge in [0.25, 0.3) is 0 Å². The summed E-state index contributed by atoms with van der Waals surface area (Å²) in [6.45, 7) is 9.46. The van der Waals surface area contributed by atoms with E-state index in [4.69, 9.17) is 8.83 Å². The highest BCUT2D eigenvalue weighted by molar-refractivity contribution is 6.21. The van der Waals surface area contributed by atoms with Gasteiger partial charge in [0.2, 0.25) is 0 Å². The van der Waals surface area contributed by atoms with Crippen molar-refractivity contribution < 1.29 is 8.83 Å². The first-order valence-corrected chi connectivity index (χ1v) is 40.3. The highest BCUT2D eigenvalue weighted by atomic mass is 16.3. The lowest BCUT2D eigenvalue weighted by Crippen LogP contribution is -2.15. The molecule has 4 nitrogen and oxygen atoms in total. The van der Waals surface area contributed by atoms with E-state index < -0.39 is 0 Å². The van der Waals surface area contributed by atoms with Crippen molar-refractivity contribution in [1.29, 1.82) is 0 Å². The number of fused-ring (bicyclic) bond motifs is 18. The van der Waals surface area contributed by atoms with Crippen LogP contribution in [0, 0.1) is 0 Å². The van der Waals surface area contributed by atoms with Gasteiger partial charge in [-0.1, -0.05) is 325 Å². The van der Waals surface area contributed by atoms with Gasteiger partial charge in [0.1, 0.15) is 22.3 Å². The second-order valence-electron chi connectivity index (χ2n) is 32.5. The Kier molecular flexibility index (Phi) is 15.0. The highest BCUT2D eigenvalue weighted by Gasteiger charge is 2.39. The largest absolute Gasteiger partial charge is 0.455 e. The third-order valence-electron chi connectivity index (χ3n) is 25.4. The minimum absolute atomic E-state index is 0.141. The zero-order valence-electron chi connectivity index (χ0n) is 64.7. The Labute approximate surface area is 673 Å². The van der Waals surface area contributed by atoms with Crippen molar-refractivity contribution in [2.24, 2.45) is 0 Å². The van der Waals surface area contributed by atoms with E-state index in [1.165, 1.54) is 82.7 Å². The molecule has 0 spiro atoms. The van der Waals surface area contributed by atoms with E-state index in [0.29, 0.717) is 0 Å². The number of hydrogen-bond acceptors (Lipinski definition) is 4. The van der Waals surface area contributed by atoms with E-state index in [-0.39, 0.29) is 10.8 Å². The molecule has 0 bridgehead atoms. The maximum absolute atomic E-state index is 7.15. The van der Waals surface area contributed by atoms with Gasteiger partial charge in [-0.15, -0.1) is 0 Å². The fraction of sp³-hybridized carbons (Fsp3) is 0.0536. The van der Waals surface area contributed by atoms with E-state index >= 15 is 0 Å². The van der Waals surface area contributed by atoms with Crippen molar-refractivity contribution in [2.45, 2.75) is 38.5 Å². The zero-order valence-corrected chi connectivity index (χ0v) is 64.7. The Morgan fingerprint density at radius 2 is 0.603 bits per heavy atom. The zero-order chi connectivity index (χ0) is 77.1. The average Bonchev–Trinajstić information content (AvgIpc) is 1.56. The summed E-state index contributed by atoms with van der Waals surface area (Å²) in [6, 6.07) is 144. The van der Waals surface area contributed by atoms with E-state index in [0.717, 1.165) is 150 Å². The summed E-state index contributed by atoms with van der Waals surface area (Å²) in [4.78, 5) is 4.94. The normalized spacial score (nSPS) is 13.1. The van der Waals surface area contributed by atoms with Gasteiger partial charge in [0.05, 0.1) is 17.1 Å². The average molecular weight is 1480 g/mol. The number of nitrogens with zero attached hydrogens (tertiary/aromatic N) is 2. The summed E-state index contributed by atoms with van der Waals surface area (Å²) in [5, 5.41) is 13.6. The molecule has 0 saturated heterocycles. The topological polar surface area (TPSA) is 32.8 Å². The molecule has 116 heavy (non-hydrogen) atoms. The van der Waals surface area contributed by atoms with E-state index in [1.54, 1.807) is 0 Å². The van der Waals surface area contributed by atoms with Crippen LogP contribution in [0.5, 0.6) is 0 Å². The Morgan fingerprint density at radius 3 is 1.23 bits per heavy atom. The van der Waals surface area contributed by atoms with E-state index in [9.17, 15) is 0 Å². The van der Waals surface area contributed by atoms with Gasteiger partial charge < -0.3 is 18.6 Å². The predicted octanol–water partition coefficient (Wildman–Crippen LogP) is 31.7. The quantitative estimate of drug-likeness (QED) is 0.122. The molecule has 0 amide bonds. The van der Waals surface area contributed by atoms with Crippen LogP contribution in [0.15, 0.2) is 397 Å². The fourth-order valence-corrected chi connectivity index (χ4v) is 19.9. The number of anilines is 6. The van der Waals surface area contributed by atoms with Crippen LogP contribution >= 0.6 is 0 Å². The van der Waals surface area contributed by atoms with Crippen molar-refractivity contribution in [1.82, 2.24) is 0 Å².